The summed E-state index contributed by atoms with van der Waals surface area (Å²) in [7, 11) is 0. The van der Waals surface area contributed by atoms with Crippen LogP contribution in [0.3, 0.4) is 0 Å². The Morgan fingerprint density at radius 2 is 1.71 bits per heavy atom. The van der Waals surface area contributed by atoms with Crippen LogP contribution in [0.1, 0.15) is 44.0 Å². The van der Waals surface area contributed by atoms with E-state index in [-0.39, 0.29) is 17.7 Å². The highest BCUT2D eigenvalue weighted by Gasteiger charge is 2.15. The van der Waals surface area contributed by atoms with Crippen molar-refractivity contribution < 1.29 is 9.90 Å². The number of hydrogen-bond acceptors (Lipinski definition) is 2. The van der Waals surface area contributed by atoms with Gasteiger partial charge in [0.15, 0.2) is 0 Å². The molecule has 2 N–H and O–H groups in total. The van der Waals surface area contributed by atoms with Gasteiger partial charge < -0.3 is 10.4 Å². The van der Waals surface area contributed by atoms with Crippen LogP contribution in [0.2, 0.25) is 0 Å². The number of carbonyl (C=O) groups is 1. The maximum atomic E-state index is 12.3. The first kappa shape index (κ1) is 15.4. The van der Waals surface area contributed by atoms with Gasteiger partial charge in [-0.15, -0.1) is 0 Å². The second-order valence-electron chi connectivity index (χ2n) is 6.06. The van der Waals surface area contributed by atoms with Crippen molar-refractivity contribution in [2.45, 2.75) is 39.7 Å². The third-order valence-corrected chi connectivity index (χ3v) is 3.66. The van der Waals surface area contributed by atoms with Gasteiger partial charge in [0.2, 0.25) is 0 Å². The fraction of sp³-hybridized carbons (Fsp3) is 0.389. The molecule has 0 bridgehead atoms. The Hall–Kier alpha value is -2.03. The van der Waals surface area contributed by atoms with Gasteiger partial charge in [-0.2, -0.15) is 0 Å². The molecule has 0 radical (unpaired) electrons. The quantitative estimate of drug-likeness (QED) is 0.869. The van der Waals surface area contributed by atoms with Gasteiger partial charge in [0, 0.05) is 6.04 Å². The summed E-state index contributed by atoms with van der Waals surface area (Å²) < 4.78 is 0. The number of rotatable bonds is 5. The average molecular weight is 285 g/mol. The summed E-state index contributed by atoms with van der Waals surface area (Å²) >= 11 is 0. The first-order valence-corrected chi connectivity index (χ1v) is 7.50. The van der Waals surface area contributed by atoms with Crippen molar-refractivity contribution in [3.05, 3.63) is 42.0 Å². The normalized spacial score (nSPS) is 12.6. The van der Waals surface area contributed by atoms with Gasteiger partial charge in [0.1, 0.15) is 5.75 Å². The molecule has 21 heavy (non-hydrogen) atoms. The second-order valence-corrected chi connectivity index (χ2v) is 6.06. The smallest absolute Gasteiger partial charge is 0.255 e. The Morgan fingerprint density at radius 3 is 2.33 bits per heavy atom. The van der Waals surface area contributed by atoms with E-state index in [0.29, 0.717) is 11.5 Å². The van der Waals surface area contributed by atoms with Crippen LogP contribution in [-0.4, -0.2) is 17.1 Å². The second kappa shape index (κ2) is 6.61. The summed E-state index contributed by atoms with van der Waals surface area (Å²) in [6.45, 7) is 6.34. The van der Waals surface area contributed by atoms with Crippen molar-refractivity contribution in [2.24, 2.45) is 5.92 Å². The maximum absolute atomic E-state index is 12.3. The van der Waals surface area contributed by atoms with Crippen molar-refractivity contribution in [3.63, 3.8) is 0 Å². The number of benzene rings is 2. The first-order chi connectivity index (χ1) is 9.97. The molecular weight excluding hydrogens is 262 g/mol. The molecule has 0 saturated carbocycles. The zero-order chi connectivity index (χ0) is 15.4. The lowest BCUT2D eigenvalue weighted by atomic mass is 10.0. The number of amides is 1. The lowest BCUT2D eigenvalue weighted by Gasteiger charge is -2.16. The molecule has 0 aliphatic carbocycles. The molecule has 0 fully saturated rings. The molecule has 2 aromatic carbocycles. The monoisotopic (exact) mass is 285 g/mol. The fourth-order valence-corrected chi connectivity index (χ4v) is 2.37. The van der Waals surface area contributed by atoms with E-state index in [0.717, 1.165) is 23.6 Å². The van der Waals surface area contributed by atoms with Crippen LogP contribution >= 0.6 is 0 Å². The third-order valence-electron chi connectivity index (χ3n) is 3.66. The molecule has 0 aliphatic heterocycles. The van der Waals surface area contributed by atoms with E-state index in [1.165, 1.54) is 0 Å². The van der Waals surface area contributed by atoms with Crippen molar-refractivity contribution in [1.29, 1.82) is 0 Å². The molecule has 0 spiro atoms. The molecule has 112 valence electrons. The standard InChI is InChI=1S/C18H23NO2/c1-12(2)8-9-13(3)19-18(21)16-10-14-6-4-5-7-15(14)11-17(16)20/h4-7,10-13,20H,8-9H2,1-3H3,(H,19,21). The van der Waals surface area contributed by atoms with E-state index < -0.39 is 0 Å². The molecule has 2 rings (SSSR count). The van der Waals surface area contributed by atoms with Gasteiger partial charge in [0.05, 0.1) is 5.56 Å². The third kappa shape index (κ3) is 3.97. The number of carbonyl (C=O) groups excluding carboxylic acids is 1. The Labute approximate surface area is 126 Å². The minimum atomic E-state index is -0.213. The zero-order valence-electron chi connectivity index (χ0n) is 12.9. The lowest BCUT2D eigenvalue weighted by molar-refractivity contribution is 0.0934. The molecule has 1 amide bonds. The summed E-state index contributed by atoms with van der Waals surface area (Å²) in [5.41, 5.74) is 0.338. The number of fused-ring (bicyclic) bond motifs is 1. The van der Waals surface area contributed by atoms with Crippen LogP contribution in [0.4, 0.5) is 0 Å². The van der Waals surface area contributed by atoms with Crippen LogP contribution in [0.15, 0.2) is 36.4 Å². The van der Waals surface area contributed by atoms with E-state index in [2.05, 4.69) is 19.2 Å². The summed E-state index contributed by atoms with van der Waals surface area (Å²) in [6.07, 6.45) is 2.02. The molecular formula is C18H23NO2. The molecule has 1 unspecified atom stereocenters. The van der Waals surface area contributed by atoms with Crippen molar-refractivity contribution in [3.8, 4) is 5.75 Å². The molecule has 0 aliphatic rings. The van der Waals surface area contributed by atoms with Crippen molar-refractivity contribution >= 4 is 16.7 Å². The predicted molar refractivity (Wildman–Crippen MR) is 86.6 cm³/mol. The fourth-order valence-electron chi connectivity index (χ4n) is 2.37. The van der Waals surface area contributed by atoms with E-state index in [9.17, 15) is 9.90 Å². The maximum Gasteiger partial charge on any atom is 0.255 e. The van der Waals surface area contributed by atoms with Gasteiger partial charge >= 0.3 is 0 Å². The molecule has 0 heterocycles. The highest BCUT2D eigenvalue weighted by molar-refractivity contribution is 6.01. The topological polar surface area (TPSA) is 49.3 Å². The molecule has 2 aromatic rings. The van der Waals surface area contributed by atoms with Crippen LogP contribution in [-0.2, 0) is 0 Å². The van der Waals surface area contributed by atoms with E-state index in [1.807, 2.05) is 31.2 Å². The van der Waals surface area contributed by atoms with Crippen LogP contribution in [0, 0.1) is 5.92 Å². The Balaban J connectivity index is 2.13. The van der Waals surface area contributed by atoms with Crippen LogP contribution in [0.25, 0.3) is 10.8 Å². The first-order valence-electron chi connectivity index (χ1n) is 7.50. The highest BCUT2D eigenvalue weighted by Crippen LogP contribution is 2.25. The number of phenols is 1. The highest BCUT2D eigenvalue weighted by atomic mass is 16.3. The molecule has 0 saturated heterocycles. The molecule has 3 heteroatoms. The SMILES string of the molecule is CC(C)CCC(C)NC(=O)c1cc2ccccc2cc1O. The average Bonchev–Trinajstić information content (AvgIpc) is 2.44. The van der Waals surface area contributed by atoms with Crippen LogP contribution < -0.4 is 5.32 Å². The minimum absolute atomic E-state index is 0.0299. The minimum Gasteiger partial charge on any atom is -0.507 e. The zero-order valence-corrected chi connectivity index (χ0v) is 12.9. The van der Waals surface area contributed by atoms with E-state index in [1.54, 1.807) is 12.1 Å². The number of phenolic OH excluding ortho intramolecular Hbond substituents is 1. The van der Waals surface area contributed by atoms with Gasteiger partial charge in [-0.25, -0.2) is 0 Å². The predicted octanol–water partition coefficient (Wildman–Crippen LogP) is 4.10. The Bertz CT molecular complexity index is 634. The summed E-state index contributed by atoms with van der Waals surface area (Å²) in [4.78, 5) is 12.3. The summed E-state index contributed by atoms with van der Waals surface area (Å²) in [5.74, 6) is 0.440. The van der Waals surface area contributed by atoms with Gasteiger partial charge in [0.25, 0.3) is 5.91 Å². The lowest BCUT2D eigenvalue weighted by Crippen LogP contribution is -2.32. The van der Waals surface area contributed by atoms with Gasteiger partial charge in [-0.3, -0.25) is 4.79 Å². The van der Waals surface area contributed by atoms with Crippen LogP contribution in [0.5, 0.6) is 5.75 Å². The molecule has 1 atom stereocenters. The Morgan fingerprint density at radius 1 is 1.10 bits per heavy atom. The Kier molecular flexibility index (Phi) is 4.84. The molecule has 3 nitrogen and oxygen atoms in total. The summed E-state index contributed by atoms with van der Waals surface area (Å²) in [5, 5.41) is 14.9. The van der Waals surface area contributed by atoms with Gasteiger partial charge in [-0.1, -0.05) is 38.1 Å². The number of aromatic hydroxyl groups is 1. The molecule has 0 aromatic heterocycles. The largest absolute Gasteiger partial charge is 0.507 e. The van der Waals surface area contributed by atoms with Crippen molar-refractivity contribution in [1.82, 2.24) is 5.32 Å². The van der Waals surface area contributed by atoms with E-state index in [4.69, 9.17) is 0 Å². The van der Waals surface area contributed by atoms with Gasteiger partial charge in [-0.05, 0) is 48.6 Å². The number of hydrogen-bond donors (Lipinski definition) is 2. The number of nitrogens with one attached hydrogen (secondary N) is 1. The van der Waals surface area contributed by atoms with E-state index >= 15 is 0 Å². The van der Waals surface area contributed by atoms with Crippen molar-refractivity contribution in [2.75, 3.05) is 0 Å². The summed E-state index contributed by atoms with van der Waals surface area (Å²) in [6, 6.07) is 11.2.